The van der Waals surface area contributed by atoms with Gasteiger partial charge in [-0.3, -0.25) is 4.57 Å². The molecule has 3 rings (SSSR count). The molecule has 9 heteroatoms. The zero-order valence-electron chi connectivity index (χ0n) is 16.8. The van der Waals surface area contributed by atoms with Crippen molar-refractivity contribution in [3.05, 3.63) is 66.0 Å². The minimum Gasteiger partial charge on any atom is -0.483 e. The van der Waals surface area contributed by atoms with Crippen LogP contribution in [0.25, 0.3) is 0 Å². The molecule has 2 aromatic carbocycles. The van der Waals surface area contributed by atoms with Gasteiger partial charge in [0.25, 0.3) is 0 Å². The van der Waals surface area contributed by atoms with Gasteiger partial charge in [0, 0.05) is 23.5 Å². The summed E-state index contributed by atoms with van der Waals surface area (Å²) in [6, 6.07) is 12.7. The van der Waals surface area contributed by atoms with Gasteiger partial charge in [0.05, 0.1) is 12.6 Å². The largest absolute Gasteiger partial charge is 0.483 e. The third kappa shape index (κ3) is 6.20. The zero-order valence-corrected chi connectivity index (χ0v) is 18.4. The van der Waals surface area contributed by atoms with E-state index >= 15 is 0 Å². The summed E-state index contributed by atoms with van der Waals surface area (Å²) in [7, 11) is 1.64. The quantitative estimate of drug-likeness (QED) is 0.294. The molecule has 5 nitrogen and oxygen atoms in total. The van der Waals surface area contributed by atoms with E-state index in [4.69, 9.17) is 9.47 Å². The van der Waals surface area contributed by atoms with Crippen molar-refractivity contribution < 1.29 is 18.3 Å². The maximum Gasteiger partial charge on any atom is 0.191 e. The molecule has 30 heavy (non-hydrogen) atoms. The molecule has 0 amide bonds. The van der Waals surface area contributed by atoms with Crippen molar-refractivity contribution in [2.75, 3.05) is 25.2 Å². The first-order chi connectivity index (χ1) is 14.6. The summed E-state index contributed by atoms with van der Waals surface area (Å²) < 4.78 is 39.7. The van der Waals surface area contributed by atoms with Gasteiger partial charge in [-0.05, 0) is 43.3 Å². The first kappa shape index (κ1) is 22.6. The zero-order chi connectivity index (χ0) is 21.3. The summed E-state index contributed by atoms with van der Waals surface area (Å²) >= 11 is 3.23. The maximum absolute atomic E-state index is 13.8. The van der Waals surface area contributed by atoms with Gasteiger partial charge in [-0.2, -0.15) is 0 Å². The Bertz CT molecular complexity index is 938. The average Bonchev–Trinajstić information content (AvgIpc) is 3.15. The third-order valence-electron chi connectivity index (χ3n) is 4.17. The standard InChI is InChI=1S/C21H23F2N3O2S2/c1-15(13-27-2)26-20(14-28-19-6-4-3-5-18(19)23)24-25-21(26)30-12-11-29-17-9-7-16(22)8-10-17/h3-10,15H,11-14H2,1-2H3/t15-/m1/s1. The van der Waals surface area contributed by atoms with Gasteiger partial charge in [0.1, 0.15) is 12.4 Å². The number of benzene rings is 2. The van der Waals surface area contributed by atoms with Gasteiger partial charge in [-0.15, -0.1) is 22.0 Å². The molecule has 0 bridgehead atoms. The monoisotopic (exact) mass is 451 g/mol. The van der Waals surface area contributed by atoms with Gasteiger partial charge < -0.3 is 9.47 Å². The normalized spacial score (nSPS) is 12.1. The fraction of sp³-hybridized carbons (Fsp3) is 0.333. The van der Waals surface area contributed by atoms with E-state index in [0.717, 1.165) is 21.6 Å². The predicted octanol–water partition coefficient (Wildman–Crippen LogP) is 5.23. The fourth-order valence-corrected chi connectivity index (χ4v) is 4.73. The SMILES string of the molecule is COC[C@@H](C)n1c(COc2ccccc2F)nnc1SCCSc1ccc(F)cc1. The van der Waals surface area contributed by atoms with Crippen LogP contribution in [0.15, 0.2) is 58.6 Å². The summed E-state index contributed by atoms with van der Waals surface area (Å²) in [4.78, 5) is 1.02. The van der Waals surface area contributed by atoms with Crippen LogP contribution in [-0.4, -0.2) is 40.0 Å². The number of nitrogens with zero attached hydrogens (tertiary/aromatic N) is 3. The highest BCUT2D eigenvalue weighted by molar-refractivity contribution is 8.02. The van der Waals surface area contributed by atoms with E-state index in [1.807, 2.05) is 11.5 Å². The van der Waals surface area contributed by atoms with Crippen LogP contribution in [0.2, 0.25) is 0 Å². The van der Waals surface area contributed by atoms with Gasteiger partial charge in [0.15, 0.2) is 22.5 Å². The number of para-hydroxylation sites is 1. The molecule has 0 fully saturated rings. The number of thioether (sulfide) groups is 2. The van der Waals surface area contributed by atoms with Crippen molar-refractivity contribution in [3.63, 3.8) is 0 Å². The van der Waals surface area contributed by atoms with E-state index in [2.05, 4.69) is 10.2 Å². The number of hydrogen-bond donors (Lipinski definition) is 0. The lowest BCUT2D eigenvalue weighted by molar-refractivity contribution is 0.154. The summed E-state index contributed by atoms with van der Waals surface area (Å²) in [5, 5.41) is 9.31. The summed E-state index contributed by atoms with van der Waals surface area (Å²) in [6.45, 7) is 2.60. The van der Waals surface area contributed by atoms with Crippen LogP contribution in [0.1, 0.15) is 18.8 Å². The lowest BCUT2D eigenvalue weighted by Gasteiger charge is -2.17. The molecule has 0 saturated heterocycles. The van der Waals surface area contributed by atoms with Crippen LogP contribution < -0.4 is 4.74 Å². The fourth-order valence-electron chi connectivity index (χ4n) is 2.79. The molecule has 1 aromatic heterocycles. The number of hydrogen-bond acceptors (Lipinski definition) is 6. The van der Waals surface area contributed by atoms with E-state index in [9.17, 15) is 8.78 Å². The van der Waals surface area contributed by atoms with E-state index in [1.165, 1.54) is 18.2 Å². The highest BCUT2D eigenvalue weighted by Crippen LogP contribution is 2.26. The molecule has 1 heterocycles. The van der Waals surface area contributed by atoms with Crippen molar-refractivity contribution in [2.24, 2.45) is 0 Å². The second kappa shape index (κ2) is 11.3. The Hall–Kier alpha value is -2.10. The smallest absolute Gasteiger partial charge is 0.191 e. The Morgan fingerprint density at radius 2 is 1.73 bits per heavy atom. The third-order valence-corrected chi connectivity index (χ3v) is 6.39. The molecule has 0 N–H and O–H groups in total. The summed E-state index contributed by atoms with van der Waals surface area (Å²) in [5.74, 6) is 1.77. The van der Waals surface area contributed by atoms with Crippen molar-refractivity contribution >= 4 is 23.5 Å². The van der Waals surface area contributed by atoms with Crippen molar-refractivity contribution in [1.29, 1.82) is 0 Å². The molecule has 160 valence electrons. The first-order valence-corrected chi connectivity index (χ1v) is 11.4. The second-order valence-corrected chi connectivity index (χ2v) is 8.67. The lowest BCUT2D eigenvalue weighted by Crippen LogP contribution is -2.17. The highest BCUT2D eigenvalue weighted by atomic mass is 32.2. The first-order valence-electron chi connectivity index (χ1n) is 9.39. The Balaban J connectivity index is 1.63. The minimum atomic E-state index is -0.416. The van der Waals surface area contributed by atoms with Crippen molar-refractivity contribution in [2.45, 2.75) is 29.6 Å². The van der Waals surface area contributed by atoms with Gasteiger partial charge >= 0.3 is 0 Å². The van der Waals surface area contributed by atoms with Crippen LogP contribution in [-0.2, 0) is 11.3 Å². The number of rotatable bonds is 11. The lowest BCUT2D eigenvalue weighted by atomic mass is 10.3. The van der Waals surface area contributed by atoms with Crippen LogP contribution in [0.4, 0.5) is 8.78 Å². The molecule has 0 aliphatic carbocycles. The number of halogens is 2. The molecular weight excluding hydrogens is 428 g/mol. The van der Waals surface area contributed by atoms with Crippen LogP contribution >= 0.6 is 23.5 Å². The number of ether oxygens (including phenoxy) is 2. The Kier molecular flexibility index (Phi) is 8.53. The second-order valence-electron chi connectivity index (χ2n) is 6.44. The topological polar surface area (TPSA) is 49.2 Å². The van der Waals surface area contributed by atoms with Gasteiger partial charge in [-0.25, -0.2) is 8.78 Å². The van der Waals surface area contributed by atoms with E-state index < -0.39 is 5.82 Å². The van der Waals surface area contributed by atoms with Crippen molar-refractivity contribution in [1.82, 2.24) is 14.8 Å². The molecule has 3 aromatic rings. The van der Waals surface area contributed by atoms with Crippen LogP contribution in [0.3, 0.4) is 0 Å². The average molecular weight is 452 g/mol. The van der Waals surface area contributed by atoms with Crippen molar-refractivity contribution in [3.8, 4) is 5.75 Å². The molecule has 0 spiro atoms. The Morgan fingerprint density at radius 3 is 2.47 bits per heavy atom. The van der Waals surface area contributed by atoms with Crippen LogP contribution in [0.5, 0.6) is 5.75 Å². The molecule has 1 atom stereocenters. The molecular formula is C21H23F2N3O2S2. The van der Waals surface area contributed by atoms with Gasteiger partial charge in [-0.1, -0.05) is 23.9 Å². The molecule has 0 unspecified atom stereocenters. The molecule has 0 saturated carbocycles. The summed E-state index contributed by atoms with van der Waals surface area (Å²) in [6.07, 6.45) is 0. The van der Waals surface area contributed by atoms with Gasteiger partial charge in [0.2, 0.25) is 0 Å². The Morgan fingerprint density at radius 1 is 1.00 bits per heavy atom. The summed E-state index contributed by atoms with van der Waals surface area (Å²) in [5.41, 5.74) is 0. The van der Waals surface area contributed by atoms with E-state index in [0.29, 0.717) is 12.4 Å². The molecule has 0 aliphatic heterocycles. The Labute approximate surface area is 183 Å². The maximum atomic E-state index is 13.8. The number of methoxy groups -OCH3 is 1. The predicted molar refractivity (Wildman–Crippen MR) is 115 cm³/mol. The number of aromatic nitrogens is 3. The van der Waals surface area contributed by atoms with E-state index in [-0.39, 0.29) is 24.2 Å². The minimum absolute atomic E-state index is 0.00327. The van der Waals surface area contributed by atoms with Crippen LogP contribution in [0, 0.1) is 11.6 Å². The molecule has 0 radical (unpaired) electrons. The molecule has 0 aliphatic rings. The highest BCUT2D eigenvalue weighted by Gasteiger charge is 2.19. The van der Waals surface area contributed by atoms with E-state index in [1.54, 1.807) is 61.0 Å².